The molecule has 0 unspecified atom stereocenters. The lowest BCUT2D eigenvalue weighted by Crippen LogP contribution is -2.59. The molecule has 55 heavy (non-hydrogen) atoms. The molecule has 0 amide bonds. The number of rotatable bonds is 5. The fraction of sp³-hybridized carbons (Fsp3) is 0.619. The maximum Gasteiger partial charge on any atom is 0.573 e. The lowest BCUT2D eigenvalue weighted by molar-refractivity contribution is -0.340. The van der Waals surface area contributed by atoms with Gasteiger partial charge in [0.15, 0.2) is 11.9 Å². The van der Waals surface area contributed by atoms with Gasteiger partial charge in [-0.2, -0.15) is 0 Å². The minimum atomic E-state index is -4.90. The van der Waals surface area contributed by atoms with Gasteiger partial charge in [-0.3, -0.25) is 4.79 Å². The summed E-state index contributed by atoms with van der Waals surface area (Å²) < 4.78 is 73.9. The van der Waals surface area contributed by atoms with E-state index in [1.54, 1.807) is 25.2 Å². The number of ether oxygens (including phenoxy) is 6. The number of allylic oxidation sites excluding steroid dienone is 2. The summed E-state index contributed by atoms with van der Waals surface area (Å²) in [4.78, 5) is 27.8. The van der Waals surface area contributed by atoms with Crippen LogP contribution in [0.25, 0.3) is 0 Å². The molecule has 0 aromatic heterocycles. The van der Waals surface area contributed by atoms with Crippen LogP contribution in [-0.4, -0.2) is 83.1 Å². The van der Waals surface area contributed by atoms with Gasteiger partial charge in [-0.25, -0.2) is 4.79 Å². The average molecular weight is 775 g/mol. The number of hydrogen-bond donors (Lipinski definition) is 2. The van der Waals surface area contributed by atoms with Gasteiger partial charge < -0.3 is 38.6 Å². The molecule has 2 bridgehead atoms. The molecule has 13 heteroatoms. The zero-order valence-corrected chi connectivity index (χ0v) is 32.2. The van der Waals surface area contributed by atoms with E-state index < -0.39 is 65.8 Å². The Kier molecular flexibility index (Phi) is 12.1. The van der Waals surface area contributed by atoms with Gasteiger partial charge in [-0.05, 0) is 79.5 Å². The molecule has 3 saturated heterocycles. The Labute approximate surface area is 320 Å². The van der Waals surface area contributed by atoms with Gasteiger partial charge in [0.25, 0.3) is 0 Å². The number of aliphatic hydroxyl groups excluding tert-OH is 1. The van der Waals surface area contributed by atoms with Gasteiger partial charge in [-0.1, -0.05) is 64.5 Å². The summed E-state index contributed by atoms with van der Waals surface area (Å²) >= 11 is 0. The first-order valence-corrected chi connectivity index (χ1v) is 19.3. The van der Waals surface area contributed by atoms with E-state index in [2.05, 4.69) is 25.5 Å². The van der Waals surface area contributed by atoms with E-state index in [1.807, 2.05) is 19.9 Å². The van der Waals surface area contributed by atoms with Gasteiger partial charge in [0.1, 0.15) is 29.5 Å². The van der Waals surface area contributed by atoms with Crippen LogP contribution >= 0.6 is 0 Å². The van der Waals surface area contributed by atoms with Gasteiger partial charge in [0, 0.05) is 25.2 Å². The number of esters is 2. The topological polar surface area (TPSA) is 130 Å². The van der Waals surface area contributed by atoms with E-state index in [0.29, 0.717) is 42.7 Å². The van der Waals surface area contributed by atoms with Crippen LogP contribution in [0.2, 0.25) is 0 Å². The van der Waals surface area contributed by atoms with Crippen molar-refractivity contribution in [2.24, 2.45) is 23.7 Å². The lowest BCUT2D eigenvalue weighted by atomic mass is 9.70. The van der Waals surface area contributed by atoms with E-state index in [0.717, 1.165) is 42.7 Å². The molecule has 4 aliphatic heterocycles. The zero-order valence-electron chi connectivity index (χ0n) is 32.2. The third-order valence-electron chi connectivity index (χ3n) is 12.0. The highest BCUT2D eigenvalue weighted by Crippen LogP contribution is 2.48. The maximum atomic E-state index is 14.4. The molecule has 1 aromatic carbocycles. The van der Waals surface area contributed by atoms with Gasteiger partial charge in [-0.15, -0.1) is 13.2 Å². The molecule has 2 N–H and O–H groups in total. The smallest absolute Gasteiger partial charge is 0.462 e. The normalized spacial score (nSPS) is 40.0. The fourth-order valence-corrected chi connectivity index (χ4v) is 8.66. The number of hydrogen-bond acceptors (Lipinski definition) is 10. The van der Waals surface area contributed by atoms with Crippen LogP contribution in [0.5, 0.6) is 5.75 Å². The summed E-state index contributed by atoms with van der Waals surface area (Å²) in [5.41, 5.74) is -0.524. The highest BCUT2D eigenvalue weighted by molar-refractivity contribution is 5.90. The minimum absolute atomic E-state index is 0.0435. The molecule has 1 aliphatic carbocycles. The molecular weight excluding hydrogens is 721 g/mol. The molecule has 4 heterocycles. The first-order chi connectivity index (χ1) is 25.9. The Morgan fingerprint density at radius 2 is 1.82 bits per heavy atom. The molecule has 0 radical (unpaired) electrons. The van der Waals surface area contributed by atoms with Crippen LogP contribution in [0.1, 0.15) is 90.4 Å². The highest BCUT2D eigenvalue weighted by Gasteiger charge is 2.61. The van der Waals surface area contributed by atoms with Crippen molar-refractivity contribution in [3.05, 3.63) is 76.9 Å². The highest BCUT2D eigenvalue weighted by atomic mass is 19.4. The van der Waals surface area contributed by atoms with Crippen molar-refractivity contribution in [3.8, 4) is 5.75 Å². The predicted octanol–water partition coefficient (Wildman–Crippen LogP) is 7.29. The molecule has 0 saturated carbocycles. The number of carbonyl (C=O) groups excluding carboxylic acids is 2. The van der Waals surface area contributed by atoms with E-state index in [1.165, 1.54) is 6.08 Å². The van der Waals surface area contributed by atoms with Crippen LogP contribution in [0.15, 0.2) is 71.4 Å². The molecule has 6 rings (SSSR count). The Morgan fingerprint density at radius 1 is 1.09 bits per heavy atom. The van der Waals surface area contributed by atoms with Gasteiger partial charge >= 0.3 is 18.3 Å². The monoisotopic (exact) mass is 774 g/mol. The number of aliphatic hydroxyl groups is 2. The lowest BCUT2D eigenvalue weighted by Gasteiger charge is -2.51. The summed E-state index contributed by atoms with van der Waals surface area (Å²) in [6, 6.07) is 4.27. The van der Waals surface area contributed by atoms with Crippen LogP contribution in [0.4, 0.5) is 13.2 Å². The van der Waals surface area contributed by atoms with Crippen molar-refractivity contribution in [2.45, 2.75) is 134 Å². The Hall–Kier alpha value is -3.49. The summed E-state index contributed by atoms with van der Waals surface area (Å²) in [7, 11) is 0. The molecule has 1 aromatic rings. The van der Waals surface area contributed by atoms with E-state index in [-0.39, 0.29) is 36.2 Å². The third-order valence-corrected chi connectivity index (χ3v) is 12.0. The second-order valence-electron chi connectivity index (χ2n) is 16.0. The van der Waals surface area contributed by atoms with Crippen molar-refractivity contribution in [2.75, 3.05) is 6.61 Å². The molecule has 12 atom stereocenters. The van der Waals surface area contributed by atoms with Crippen molar-refractivity contribution < 1.29 is 61.4 Å². The summed E-state index contributed by atoms with van der Waals surface area (Å²) in [6.45, 7) is 11.8. The van der Waals surface area contributed by atoms with Crippen molar-refractivity contribution in [3.63, 3.8) is 0 Å². The second-order valence-corrected chi connectivity index (χ2v) is 16.0. The average Bonchev–Trinajstić information content (AvgIpc) is 3.47. The number of benzene rings is 1. The first kappa shape index (κ1) is 41.2. The molecule has 10 nitrogen and oxygen atoms in total. The summed E-state index contributed by atoms with van der Waals surface area (Å²) in [6.07, 6.45) is 3.13. The van der Waals surface area contributed by atoms with Crippen LogP contribution in [0.3, 0.4) is 0 Å². The standard InChI is InChI=1S/C42H53F3O10/c1-7-23(2)35-26(5)17-18-40(55-35)21-32-20-31(53-40)14-11-25(4)34(46)24(3)9-8-10-29-22-50-37-36(27(6)19-33(39(48)51-32)41(29,37)49)52-38(47)28-12-15-30(16-13-28)54-42(43,44)45/h8-13,15-16,19,23-24,26,31-37,46,49H,7,14,17-18,20-22H2,1-6H3/b9-8+,25-11+,29-10+/t23-,24-,26-,31+,32-,33-,34-,35+,36+,37+,40+,41+/m0/s1. The number of alkyl halides is 3. The zero-order chi connectivity index (χ0) is 39.9. The van der Waals surface area contributed by atoms with E-state index in [9.17, 15) is 33.0 Å². The molecule has 5 aliphatic rings. The SMILES string of the molecule is CC[C@H](C)[C@H]1O[C@]2(CC[C@@H]1C)C[C@@H]1C[C@@H](C/C=C(\C)[C@@H](O)[C@@H](C)/C=C/C=C3\CO[C@@H]4[C@H](OC(=O)c5ccc(OC(F)(F)F)cc5)C(C)=C[C@@H](C(=O)O1)[C@]34O)O2. The van der Waals surface area contributed by atoms with Crippen molar-refractivity contribution >= 4 is 11.9 Å². The Balaban J connectivity index is 1.33. The van der Waals surface area contributed by atoms with Crippen LogP contribution < -0.4 is 4.74 Å². The van der Waals surface area contributed by atoms with Crippen molar-refractivity contribution in [1.29, 1.82) is 0 Å². The van der Waals surface area contributed by atoms with Crippen LogP contribution in [-0.2, 0) is 28.5 Å². The second kappa shape index (κ2) is 16.2. The van der Waals surface area contributed by atoms with E-state index in [4.69, 9.17) is 23.7 Å². The summed E-state index contributed by atoms with van der Waals surface area (Å²) in [5.74, 6) is -3.99. The minimum Gasteiger partial charge on any atom is -0.462 e. The molecular formula is C42H53F3O10. The molecule has 302 valence electrons. The quantitative estimate of drug-likeness (QED) is 0.232. The molecule has 3 fully saturated rings. The molecule has 1 spiro atoms. The number of halogens is 3. The van der Waals surface area contributed by atoms with Crippen LogP contribution in [0, 0.1) is 23.7 Å². The largest absolute Gasteiger partial charge is 0.573 e. The Bertz CT molecular complexity index is 1700. The van der Waals surface area contributed by atoms with Gasteiger partial charge in [0.2, 0.25) is 0 Å². The van der Waals surface area contributed by atoms with E-state index >= 15 is 0 Å². The summed E-state index contributed by atoms with van der Waals surface area (Å²) in [5, 5.41) is 23.9. The van der Waals surface area contributed by atoms with Gasteiger partial charge in [0.05, 0.1) is 30.5 Å². The first-order valence-electron chi connectivity index (χ1n) is 19.3. The number of fused-ring (bicyclic) bond motifs is 2. The van der Waals surface area contributed by atoms with Crippen molar-refractivity contribution in [1.82, 2.24) is 0 Å². The Morgan fingerprint density at radius 3 is 2.51 bits per heavy atom. The third kappa shape index (κ3) is 8.76. The number of carbonyl (C=O) groups is 2. The predicted molar refractivity (Wildman–Crippen MR) is 194 cm³/mol. The maximum absolute atomic E-state index is 14.4. The fourth-order valence-electron chi connectivity index (χ4n) is 8.66.